The molecule has 2 fully saturated rings. The topological polar surface area (TPSA) is 26.0 Å². The maximum Gasteiger partial charge on any atom is 0.00698 e. The molecule has 0 bridgehead atoms. The minimum Gasteiger partial charge on any atom is -0.327 e. The lowest BCUT2D eigenvalue weighted by molar-refractivity contribution is 0.190. The molecule has 1 unspecified atom stereocenters. The molecule has 0 aromatic carbocycles. The molecule has 2 aliphatic rings. The predicted molar refractivity (Wildman–Crippen MR) is 74.9 cm³/mol. The lowest BCUT2D eigenvalue weighted by Crippen LogP contribution is -2.36. The van der Waals surface area contributed by atoms with Gasteiger partial charge in [-0.3, -0.25) is 0 Å². The average molecular weight is 237 g/mol. The van der Waals surface area contributed by atoms with Gasteiger partial charge >= 0.3 is 0 Å². The molecule has 17 heavy (non-hydrogen) atoms. The molecule has 0 amide bonds. The summed E-state index contributed by atoms with van der Waals surface area (Å²) in [5, 5.41) is 0. The van der Waals surface area contributed by atoms with Crippen LogP contribution in [0.1, 0.15) is 77.6 Å². The van der Waals surface area contributed by atoms with Crippen LogP contribution in [-0.4, -0.2) is 6.04 Å². The van der Waals surface area contributed by atoms with Gasteiger partial charge in [-0.05, 0) is 37.0 Å². The van der Waals surface area contributed by atoms with Gasteiger partial charge in [0.15, 0.2) is 0 Å². The number of nitrogens with two attached hydrogens (primary N) is 1. The molecule has 0 spiro atoms. The fourth-order valence-electron chi connectivity index (χ4n) is 3.70. The van der Waals surface area contributed by atoms with Crippen molar-refractivity contribution in [2.24, 2.45) is 23.5 Å². The van der Waals surface area contributed by atoms with Gasteiger partial charge in [-0.1, -0.05) is 58.3 Å². The summed E-state index contributed by atoms with van der Waals surface area (Å²) < 4.78 is 0. The zero-order valence-electron chi connectivity index (χ0n) is 11.7. The smallest absolute Gasteiger partial charge is 0.00698 e. The van der Waals surface area contributed by atoms with Gasteiger partial charge in [-0.15, -0.1) is 0 Å². The van der Waals surface area contributed by atoms with E-state index in [-0.39, 0.29) is 0 Å². The molecule has 1 atom stereocenters. The van der Waals surface area contributed by atoms with Crippen molar-refractivity contribution in [2.45, 2.75) is 83.6 Å². The summed E-state index contributed by atoms with van der Waals surface area (Å²) in [6.45, 7) is 2.31. The van der Waals surface area contributed by atoms with Crippen LogP contribution >= 0.6 is 0 Å². The van der Waals surface area contributed by atoms with E-state index in [4.69, 9.17) is 5.73 Å². The molecule has 1 heteroatoms. The molecule has 2 N–H and O–H groups in total. The third-order valence-corrected chi connectivity index (χ3v) is 5.29. The molecule has 0 aromatic heterocycles. The van der Waals surface area contributed by atoms with Crippen LogP contribution in [0.15, 0.2) is 0 Å². The highest BCUT2D eigenvalue weighted by Gasteiger charge is 2.28. The SMILES string of the molecule is CCCCC1CCC(C(N)CC2CCC2)CC1. The Balaban J connectivity index is 1.63. The highest BCUT2D eigenvalue weighted by molar-refractivity contribution is 4.83. The molecule has 1 nitrogen and oxygen atoms in total. The fourth-order valence-corrected chi connectivity index (χ4v) is 3.70. The van der Waals surface area contributed by atoms with Gasteiger partial charge in [0.1, 0.15) is 0 Å². The molecular weight excluding hydrogens is 206 g/mol. The summed E-state index contributed by atoms with van der Waals surface area (Å²) in [6, 6.07) is 0.521. The standard InChI is InChI=1S/C16H31N/c1-2-3-5-13-8-10-15(11-9-13)16(17)12-14-6-4-7-14/h13-16H,2-12,17H2,1H3. The molecule has 2 saturated carbocycles. The van der Waals surface area contributed by atoms with Crippen molar-refractivity contribution in [3.8, 4) is 0 Å². The highest BCUT2D eigenvalue weighted by Crippen LogP contribution is 2.37. The predicted octanol–water partition coefficient (Wildman–Crippen LogP) is 4.50. The Kier molecular flexibility index (Phi) is 5.34. The Hall–Kier alpha value is -0.0400. The highest BCUT2D eigenvalue weighted by atomic mass is 14.7. The van der Waals surface area contributed by atoms with Gasteiger partial charge in [-0.25, -0.2) is 0 Å². The summed E-state index contributed by atoms with van der Waals surface area (Å²) in [5.41, 5.74) is 6.40. The fraction of sp³-hybridized carbons (Fsp3) is 1.00. The molecule has 0 aliphatic heterocycles. The second kappa shape index (κ2) is 6.78. The Bertz CT molecular complexity index is 202. The Morgan fingerprint density at radius 3 is 2.24 bits per heavy atom. The Labute approximate surface area is 108 Å². The van der Waals surface area contributed by atoms with Crippen LogP contribution in [0.3, 0.4) is 0 Å². The molecule has 0 aromatic rings. The third-order valence-electron chi connectivity index (χ3n) is 5.29. The van der Waals surface area contributed by atoms with Gasteiger partial charge < -0.3 is 5.73 Å². The first-order valence-corrected chi connectivity index (χ1v) is 8.05. The van der Waals surface area contributed by atoms with Crippen LogP contribution in [0.4, 0.5) is 0 Å². The van der Waals surface area contributed by atoms with E-state index in [1.54, 1.807) is 0 Å². The van der Waals surface area contributed by atoms with Gasteiger partial charge in [0.2, 0.25) is 0 Å². The number of rotatable bonds is 6. The molecular formula is C16H31N. The van der Waals surface area contributed by atoms with Crippen LogP contribution in [0.2, 0.25) is 0 Å². The van der Waals surface area contributed by atoms with E-state index in [2.05, 4.69) is 6.92 Å². The number of hydrogen-bond acceptors (Lipinski definition) is 1. The minimum absolute atomic E-state index is 0.521. The molecule has 0 heterocycles. The van der Waals surface area contributed by atoms with Crippen LogP contribution in [0.5, 0.6) is 0 Å². The van der Waals surface area contributed by atoms with E-state index >= 15 is 0 Å². The van der Waals surface area contributed by atoms with Crippen LogP contribution in [0, 0.1) is 17.8 Å². The lowest BCUT2D eigenvalue weighted by atomic mass is 9.72. The van der Waals surface area contributed by atoms with Gasteiger partial charge in [-0.2, -0.15) is 0 Å². The normalized spacial score (nSPS) is 32.1. The molecule has 2 aliphatic carbocycles. The van der Waals surface area contributed by atoms with Crippen molar-refractivity contribution in [3.05, 3.63) is 0 Å². The van der Waals surface area contributed by atoms with E-state index in [0.717, 1.165) is 17.8 Å². The quantitative estimate of drug-likeness (QED) is 0.723. The minimum atomic E-state index is 0.521. The zero-order chi connectivity index (χ0) is 12.1. The summed E-state index contributed by atoms with van der Waals surface area (Å²) in [7, 11) is 0. The monoisotopic (exact) mass is 237 g/mol. The van der Waals surface area contributed by atoms with Crippen LogP contribution in [0.25, 0.3) is 0 Å². The second-order valence-electron chi connectivity index (χ2n) is 6.62. The Morgan fingerprint density at radius 2 is 1.71 bits per heavy atom. The number of unbranched alkanes of at least 4 members (excludes halogenated alkanes) is 1. The van der Waals surface area contributed by atoms with Gasteiger partial charge in [0.25, 0.3) is 0 Å². The number of hydrogen-bond donors (Lipinski definition) is 1. The van der Waals surface area contributed by atoms with Crippen LogP contribution < -0.4 is 5.73 Å². The largest absolute Gasteiger partial charge is 0.327 e. The van der Waals surface area contributed by atoms with Crippen molar-refractivity contribution in [2.75, 3.05) is 0 Å². The maximum atomic E-state index is 6.40. The third kappa shape index (κ3) is 3.98. The van der Waals surface area contributed by atoms with Crippen molar-refractivity contribution in [1.82, 2.24) is 0 Å². The van der Waals surface area contributed by atoms with Gasteiger partial charge in [0, 0.05) is 6.04 Å². The van der Waals surface area contributed by atoms with E-state index in [9.17, 15) is 0 Å². The summed E-state index contributed by atoms with van der Waals surface area (Å²) in [5.74, 6) is 2.87. The summed E-state index contributed by atoms with van der Waals surface area (Å²) >= 11 is 0. The first-order chi connectivity index (χ1) is 8.29. The first-order valence-electron chi connectivity index (χ1n) is 8.05. The van der Waals surface area contributed by atoms with E-state index in [1.807, 2.05) is 0 Å². The first kappa shape index (κ1) is 13.4. The van der Waals surface area contributed by atoms with Gasteiger partial charge in [0.05, 0.1) is 0 Å². The summed E-state index contributed by atoms with van der Waals surface area (Å²) in [4.78, 5) is 0. The zero-order valence-corrected chi connectivity index (χ0v) is 11.7. The van der Waals surface area contributed by atoms with Crippen LogP contribution in [-0.2, 0) is 0 Å². The molecule has 0 radical (unpaired) electrons. The van der Waals surface area contributed by atoms with Crippen molar-refractivity contribution >= 4 is 0 Å². The lowest BCUT2D eigenvalue weighted by Gasteiger charge is -2.35. The van der Waals surface area contributed by atoms with E-state index < -0.39 is 0 Å². The summed E-state index contributed by atoms with van der Waals surface area (Å²) in [6.07, 6.45) is 15.7. The van der Waals surface area contributed by atoms with Crippen molar-refractivity contribution in [1.29, 1.82) is 0 Å². The van der Waals surface area contributed by atoms with E-state index in [1.165, 1.54) is 70.6 Å². The average Bonchev–Trinajstić information content (AvgIpc) is 2.31. The second-order valence-corrected chi connectivity index (χ2v) is 6.62. The Morgan fingerprint density at radius 1 is 1.00 bits per heavy atom. The maximum absolute atomic E-state index is 6.40. The van der Waals surface area contributed by atoms with Crippen molar-refractivity contribution < 1.29 is 0 Å². The molecule has 0 saturated heterocycles. The molecule has 100 valence electrons. The van der Waals surface area contributed by atoms with Crippen molar-refractivity contribution in [3.63, 3.8) is 0 Å². The molecule has 2 rings (SSSR count). The van der Waals surface area contributed by atoms with E-state index in [0.29, 0.717) is 6.04 Å².